The van der Waals surface area contributed by atoms with Gasteiger partial charge < -0.3 is 45.8 Å². The minimum Gasteiger partial charge on any atom is -0.481 e. The molecule has 10 atom stereocenters. The van der Waals surface area contributed by atoms with Gasteiger partial charge in [0.2, 0.25) is 0 Å². The Morgan fingerprint density at radius 2 is 1.62 bits per heavy atom. The van der Waals surface area contributed by atoms with E-state index in [-0.39, 0.29) is 17.9 Å². The van der Waals surface area contributed by atoms with Gasteiger partial charge in [-0.3, -0.25) is 4.79 Å². The Kier molecular flexibility index (Phi) is 19.5. The number of primary amides is 1. The van der Waals surface area contributed by atoms with E-state index < -0.39 is 84.4 Å². The number of aliphatic hydroxyl groups is 5. The fourth-order valence-corrected chi connectivity index (χ4v) is 5.03. The number of nitrogens with two attached hydrogens (primary N) is 1. The maximum Gasteiger partial charge on any atom is 0.405 e. The molecule has 1 aliphatic carbocycles. The third-order valence-corrected chi connectivity index (χ3v) is 8.48. The molecule has 8 N–H and O–H groups in total. The summed E-state index contributed by atoms with van der Waals surface area (Å²) >= 11 is 12.5. The molecule has 12 nitrogen and oxygen atoms in total. The number of amides is 1. The first kappa shape index (κ1) is 42.1. The first-order valence-corrected chi connectivity index (χ1v) is 16.1. The normalized spacial score (nSPS) is 24.3. The fourth-order valence-electron chi connectivity index (χ4n) is 4.59. The number of carboxylic acids is 1. The number of aliphatic hydroxyl groups excluding tert-OH is 5. The molecule has 264 valence electrons. The third-order valence-electron chi connectivity index (χ3n) is 7.47. The van der Waals surface area contributed by atoms with Gasteiger partial charge in [0.1, 0.15) is 23.7 Å². The van der Waals surface area contributed by atoms with Crippen LogP contribution in [-0.2, 0) is 19.1 Å². The van der Waals surface area contributed by atoms with E-state index >= 15 is 0 Å². The summed E-state index contributed by atoms with van der Waals surface area (Å²) in [7, 11) is 0. The van der Waals surface area contributed by atoms with Gasteiger partial charge in [-0.05, 0) is 38.3 Å². The SMILES string of the molecule is CC/C=C/[C@H](OC(N)=O)[C@H](Cl)[C@H](O)C[C@H](O)[C@H](O)[C@H](O)[C@@H](C)/C(Cl)=C/C=C/C=C(C)/C=C/C=C/C(=O)O[C@@H]1C[C@@H](C(=O)O)CC[C@@H]1O. The van der Waals surface area contributed by atoms with Gasteiger partial charge in [0.25, 0.3) is 0 Å². The molecule has 1 aliphatic rings. The number of allylic oxidation sites excluding steroid dienone is 9. The van der Waals surface area contributed by atoms with Gasteiger partial charge >= 0.3 is 18.0 Å². The highest BCUT2D eigenvalue weighted by molar-refractivity contribution is 6.30. The summed E-state index contributed by atoms with van der Waals surface area (Å²) in [5, 5.41) is 60.2. The van der Waals surface area contributed by atoms with Crippen LogP contribution in [0.3, 0.4) is 0 Å². The van der Waals surface area contributed by atoms with Crippen molar-refractivity contribution < 1.29 is 54.5 Å². The largest absolute Gasteiger partial charge is 0.481 e. The summed E-state index contributed by atoms with van der Waals surface area (Å²) in [6, 6.07) is 0. The average Bonchev–Trinajstić information content (AvgIpc) is 3.02. The Morgan fingerprint density at radius 1 is 0.979 bits per heavy atom. The van der Waals surface area contributed by atoms with E-state index in [0.29, 0.717) is 12.8 Å². The Labute approximate surface area is 285 Å². The van der Waals surface area contributed by atoms with Gasteiger partial charge in [-0.1, -0.05) is 73.6 Å². The topological polar surface area (TPSA) is 217 Å². The van der Waals surface area contributed by atoms with Crippen molar-refractivity contribution in [1.29, 1.82) is 0 Å². The minimum absolute atomic E-state index is 0.0622. The molecule has 1 rings (SSSR count). The molecule has 14 heteroatoms. The second kappa shape index (κ2) is 21.8. The monoisotopic (exact) mass is 703 g/mol. The quantitative estimate of drug-likeness (QED) is 0.0361. The van der Waals surface area contributed by atoms with Crippen molar-refractivity contribution in [2.24, 2.45) is 17.6 Å². The summed E-state index contributed by atoms with van der Waals surface area (Å²) in [6.45, 7) is 5.18. The van der Waals surface area contributed by atoms with E-state index in [1.807, 2.05) is 6.92 Å². The van der Waals surface area contributed by atoms with Crippen molar-refractivity contribution in [3.8, 4) is 0 Å². The highest BCUT2D eigenvalue weighted by Gasteiger charge is 2.36. The predicted molar refractivity (Wildman–Crippen MR) is 177 cm³/mol. The van der Waals surface area contributed by atoms with Crippen molar-refractivity contribution in [3.63, 3.8) is 0 Å². The molecule has 47 heavy (non-hydrogen) atoms. The highest BCUT2D eigenvalue weighted by atomic mass is 35.5. The molecule has 0 saturated heterocycles. The van der Waals surface area contributed by atoms with E-state index in [4.69, 9.17) is 43.5 Å². The van der Waals surface area contributed by atoms with Crippen molar-refractivity contribution >= 4 is 41.2 Å². The number of halogens is 2. The number of aliphatic carboxylic acids is 1. The molecule has 1 saturated carbocycles. The Hall–Kier alpha value is -2.97. The molecule has 0 unspecified atom stereocenters. The zero-order chi connectivity index (χ0) is 35.7. The van der Waals surface area contributed by atoms with Crippen LogP contribution in [0.25, 0.3) is 0 Å². The molecule has 1 amide bonds. The van der Waals surface area contributed by atoms with Gasteiger partial charge in [-0.15, -0.1) is 11.6 Å². The number of esters is 1. The Morgan fingerprint density at radius 3 is 2.23 bits per heavy atom. The zero-order valence-electron chi connectivity index (χ0n) is 26.6. The lowest BCUT2D eigenvalue weighted by Gasteiger charge is -2.30. The van der Waals surface area contributed by atoms with Crippen LogP contribution in [0.2, 0.25) is 0 Å². The number of hydrogen-bond donors (Lipinski definition) is 7. The summed E-state index contributed by atoms with van der Waals surface area (Å²) in [5.41, 5.74) is 5.86. The number of ether oxygens (including phenoxy) is 2. The molecule has 0 bridgehead atoms. The van der Waals surface area contributed by atoms with Crippen LogP contribution in [-0.4, -0.2) is 96.8 Å². The van der Waals surface area contributed by atoms with Crippen LogP contribution < -0.4 is 5.73 Å². The van der Waals surface area contributed by atoms with Crippen LogP contribution in [0.4, 0.5) is 4.79 Å². The second-order valence-electron chi connectivity index (χ2n) is 11.3. The smallest absolute Gasteiger partial charge is 0.405 e. The van der Waals surface area contributed by atoms with E-state index in [2.05, 4.69) is 0 Å². The average molecular weight is 705 g/mol. The summed E-state index contributed by atoms with van der Waals surface area (Å²) in [6.07, 6.45) is 6.21. The molecule has 0 spiro atoms. The number of rotatable bonds is 18. The van der Waals surface area contributed by atoms with Crippen LogP contribution in [0.15, 0.2) is 71.4 Å². The van der Waals surface area contributed by atoms with E-state index in [9.17, 15) is 39.9 Å². The number of hydrogen-bond acceptors (Lipinski definition) is 10. The highest BCUT2D eigenvalue weighted by Crippen LogP contribution is 2.28. The van der Waals surface area contributed by atoms with Gasteiger partial charge in [-0.25, -0.2) is 9.59 Å². The van der Waals surface area contributed by atoms with Gasteiger partial charge in [0.05, 0.1) is 30.3 Å². The molecular weight excluding hydrogens is 657 g/mol. The van der Waals surface area contributed by atoms with Gasteiger partial charge in [-0.2, -0.15) is 0 Å². The van der Waals surface area contributed by atoms with Crippen LogP contribution in [0, 0.1) is 11.8 Å². The molecule has 0 aromatic heterocycles. The predicted octanol–water partition coefficient (Wildman–Crippen LogP) is 3.39. The summed E-state index contributed by atoms with van der Waals surface area (Å²) in [5.74, 6) is -3.13. The Bertz CT molecular complexity index is 1200. The molecule has 1 fully saturated rings. The lowest BCUT2D eigenvalue weighted by molar-refractivity contribution is -0.159. The van der Waals surface area contributed by atoms with Gasteiger partial charge in [0.15, 0.2) is 0 Å². The molecule has 0 radical (unpaired) electrons. The molecular formula is C33H47Cl2NO11. The second-order valence-corrected chi connectivity index (χ2v) is 12.2. The molecule has 0 aromatic rings. The van der Waals surface area contributed by atoms with Crippen LogP contribution in [0.5, 0.6) is 0 Å². The molecule has 0 aromatic carbocycles. The van der Waals surface area contributed by atoms with E-state index in [0.717, 1.165) is 5.57 Å². The van der Waals surface area contributed by atoms with E-state index in [1.165, 1.54) is 24.3 Å². The van der Waals surface area contributed by atoms with Crippen molar-refractivity contribution in [3.05, 3.63) is 71.4 Å². The minimum atomic E-state index is -1.69. The number of alkyl halides is 1. The molecule has 0 aliphatic heterocycles. The number of carbonyl (C=O) groups is 3. The van der Waals surface area contributed by atoms with Crippen molar-refractivity contribution in [1.82, 2.24) is 0 Å². The summed E-state index contributed by atoms with van der Waals surface area (Å²) in [4.78, 5) is 34.4. The number of carbonyl (C=O) groups excluding carboxylic acids is 2. The maximum atomic E-state index is 12.1. The Balaban J connectivity index is 2.65. The number of carboxylic acid groups (broad SMARTS) is 1. The summed E-state index contributed by atoms with van der Waals surface area (Å²) < 4.78 is 10.1. The van der Waals surface area contributed by atoms with Crippen molar-refractivity contribution in [2.75, 3.05) is 0 Å². The zero-order valence-corrected chi connectivity index (χ0v) is 28.2. The van der Waals surface area contributed by atoms with Gasteiger partial charge in [0, 0.05) is 29.9 Å². The van der Waals surface area contributed by atoms with E-state index in [1.54, 1.807) is 50.3 Å². The van der Waals surface area contributed by atoms with Crippen molar-refractivity contribution in [2.45, 2.75) is 101 Å². The van der Waals surface area contributed by atoms with Crippen LogP contribution in [0.1, 0.15) is 52.9 Å². The third kappa shape index (κ3) is 15.7. The standard InChI is InChI=1S/C33H47Cl2NO11/c1-4-5-13-26(47-33(36)45)29(35)24(38)18-25(39)31(42)30(41)20(3)22(34)12-8-6-10-19(2)11-7-9-14-28(40)46-27-17-21(32(43)44)15-16-23(27)37/h5-14,20-21,23-27,29-31,37-39,41-42H,4,15-18H2,1-3H3,(H2,36,45)(H,43,44)/b8-6+,11-7+,13-5+,14-9+,19-10+,22-12-/t20-,21-,23-,24+,25-,26-,27+,29+,30+,31-/m0/s1. The lowest BCUT2D eigenvalue weighted by atomic mass is 9.85. The fraction of sp³-hybridized carbons (Fsp3) is 0.545. The first-order chi connectivity index (χ1) is 22.1. The van der Waals surface area contributed by atoms with Crippen LogP contribution >= 0.6 is 23.2 Å². The first-order valence-electron chi connectivity index (χ1n) is 15.2. The maximum absolute atomic E-state index is 12.1. The molecule has 0 heterocycles. The lowest BCUT2D eigenvalue weighted by Crippen LogP contribution is -2.45.